The Kier molecular flexibility index (Phi) is 7.01. The van der Waals surface area contributed by atoms with E-state index in [2.05, 4.69) is 10.4 Å². The van der Waals surface area contributed by atoms with E-state index in [4.69, 9.17) is 0 Å². The number of amides is 1. The minimum absolute atomic E-state index is 0.0369. The molecule has 2 aromatic rings. The molecule has 0 aliphatic heterocycles. The molecule has 1 aromatic carbocycles. The van der Waals surface area contributed by atoms with Crippen LogP contribution in [0, 0.1) is 11.8 Å². The molecule has 5 nitrogen and oxygen atoms in total. The molecule has 28 heavy (non-hydrogen) atoms. The predicted octanol–water partition coefficient (Wildman–Crippen LogP) is 4.94. The molecule has 1 heterocycles. The summed E-state index contributed by atoms with van der Waals surface area (Å²) in [4.78, 5) is 24.0. The first-order valence-electron chi connectivity index (χ1n) is 10.5. The smallest absolute Gasteiger partial charge is 0.229 e. The van der Waals surface area contributed by atoms with Crippen LogP contribution in [0.1, 0.15) is 64.5 Å². The summed E-state index contributed by atoms with van der Waals surface area (Å²) in [6, 6.07) is 12.1. The summed E-state index contributed by atoms with van der Waals surface area (Å²) in [6.45, 7) is 3.46. The summed E-state index contributed by atoms with van der Waals surface area (Å²) in [7, 11) is 0. The molecule has 1 amide bonds. The van der Waals surface area contributed by atoms with Gasteiger partial charge in [0.15, 0.2) is 5.82 Å². The minimum atomic E-state index is -0.304. The third-order valence-corrected chi connectivity index (χ3v) is 5.66. The molecule has 0 spiro atoms. The number of anilines is 1. The molecule has 1 unspecified atom stereocenters. The van der Waals surface area contributed by atoms with E-state index in [9.17, 15) is 9.59 Å². The van der Waals surface area contributed by atoms with Crippen molar-refractivity contribution >= 4 is 17.5 Å². The Hall–Kier alpha value is -2.43. The Morgan fingerprint density at radius 1 is 1.18 bits per heavy atom. The lowest BCUT2D eigenvalue weighted by atomic mass is 9.86. The van der Waals surface area contributed by atoms with Crippen LogP contribution in [0.15, 0.2) is 36.4 Å². The summed E-state index contributed by atoms with van der Waals surface area (Å²) in [5.41, 5.74) is 2.14. The number of hydrogen-bond donors (Lipinski definition) is 1. The maximum atomic E-state index is 12.6. The molecule has 1 saturated carbocycles. The van der Waals surface area contributed by atoms with Gasteiger partial charge in [-0.15, -0.1) is 5.10 Å². The van der Waals surface area contributed by atoms with E-state index in [1.165, 1.54) is 39.0 Å². The average Bonchev–Trinajstić information content (AvgIpc) is 3.09. The highest BCUT2D eigenvalue weighted by Gasteiger charge is 2.22. The number of carbonyl (C=O) groups excluding carboxylic acids is 2. The molecule has 3 rings (SSSR count). The van der Waals surface area contributed by atoms with E-state index in [0.29, 0.717) is 18.2 Å². The largest absolute Gasteiger partial charge is 0.309 e. The molecule has 1 aliphatic rings. The third-order valence-electron chi connectivity index (χ3n) is 5.66. The summed E-state index contributed by atoms with van der Waals surface area (Å²) in [6.07, 6.45) is 8.35. The summed E-state index contributed by atoms with van der Waals surface area (Å²) in [5, 5.41) is 7.62. The number of para-hydroxylation sites is 1. The van der Waals surface area contributed by atoms with Gasteiger partial charge in [-0.3, -0.25) is 4.79 Å². The van der Waals surface area contributed by atoms with E-state index in [1.54, 1.807) is 0 Å². The van der Waals surface area contributed by atoms with Crippen molar-refractivity contribution in [2.24, 2.45) is 11.8 Å². The van der Waals surface area contributed by atoms with Crippen molar-refractivity contribution in [1.29, 1.82) is 0 Å². The highest BCUT2D eigenvalue weighted by atomic mass is 16.2. The number of aromatic nitrogens is 2. The lowest BCUT2D eigenvalue weighted by Gasteiger charge is -2.21. The molecule has 5 heteroatoms. The van der Waals surface area contributed by atoms with Gasteiger partial charge < -0.3 is 10.1 Å². The highest BCUT2D eigenvalue weighted by Crippen LogP contribution is 2.28. The van der Waals surface area contributed by atoms with Gasteiger partial charge in [0.05, 0.1) is 5.69 Å². The van der Waals surface area contributed by atoms with Crippen LogP contribution in [-0.2, 0) is 16.0 Å². The van der Waals surface area contributed by atoms with Crippen molar-refractivity contribution in [3.8, 4) is 5.69 Å². The van der Waals surface area contributed by atoms with Crippen molar-refractivity contribution in [3.05, 3.63) is 42.1 Å². The van der Waals surface area contributed by atoms with Gasteiger partial charge in [0.1, 0.15) is 5.78 Å². The fourth-order valence-electron chi connectivity index (χ4n) is 4.10. The van der Waals surface area contributed by atoms with E-state index in [-0.39, 0.29) is 24.0 Å². The standard InChI is InChI=1S/C23H31N3O2/c1-3-19(14-17(2)27)23(28)24-22-16-21(15-18-10-6-4-7-11-18)26(25-22)20-12-8-5-9-13-20/h5,8-9,12-13,16,18-19H,3-4,6-7,10-11,14-15H2,1-2H3,(H,24,25,28). The molecule has 1 aromatic heterocycles. The van der Waals surface area contributed by atoms with Gasteiger partial charge in [-0.25, -0.2) is 4.68 Å². The Morgan fingerprint density at radius 3 is 2.54 bits per heavy atom. The van der Waals surface area contributed by atoms with Crippen molar-refractivity contribution in [2.45, 2.75) is 65.2 Å². The summed E-state index contributed by atoms with van der Waals surface area (Å²) >= 11 is 0. The second-order valence-corrected chi connectivity index (χ2v) is 7.98. The monoisotopic (exact) mass is 381 g/mol. The second-order valence-electron chi connectivity index (χ2n) is 7.98. The fourth-order valence-corrected chi connectivity index (χ4v) is 4.10. The molecule has 1 fully saturated rings. The number of nitrogens with one attached hydrogen (secondary N) is 1. The van der Waals surface area contributed by atoms with Crippen molar-refractivity contribution in [3.63, 3.8) is 0 Å². The zero-order chi connectivity index (χ0) is 19.9. The van der Waals surface area contributed by atoms with E-state index < -0.39 is 0 Å². The predicted molar refractivity (Wildman–Crippen MR) is 112 cm³/mol. The van der Waals surface area contributed by atoms with Crippen LogP contribution in [0.5, 0.6) is 0 Å². The third kappa shape index (κ3) is 5.31. The van der Waals surface area contributed by atoms with E-state index >= 15 is 0 Å². The lowest BCUT2D eigenvalue weighted by molar-refractivity contribution is -0.125. The number of nitrogens with zero attached hydrogens (tertiary/aromatic N) is 2. The van der Waals surface area contributed by atoms with Crippen molar-refractivity contribution in [2.75, 3.05) is 5.32 Å². The molecule has 150 valence electrons. The maximum Gasteiger partial charge on any atom is 0.229 e. The Morgan fingerprint density at radius 2 is 1.89 bits per heavy atom. The quantitative estimate of drug-likeness (QED) is 0.704. The van der Waals surface area contributed by atoms with Gasteiger partial charge in [0.25, 0.3) is 0 Å². The Labute approximate surface area is 167 Å². The van der Waals surface area contributed by atoms with Gasteiger partial charge in [0, 0.05) is 24.1 Å². The molecule has 0 saturated heterocycles. The van der Waals surface area contributed by atoms with Crippen LogP contribution in [0.4, 0.5) is 5.82 Å². The molecule has 0 radical (unpaired) electrons. The molecular weight excluding hydrogens is 350 g/mol. The zero-order valence-corrected chi connectivity index (χ0v) is 17.0. The number of hydrogen-bond acceptors (Lipinski definition) is 3. The van der Waals surface area contributed by atoms with Crippen LogP contribution >= 0.6 is 0 Å². The maximum absolute atomic E-state index is 12.6. The van der Waals surface area contributed by atoms with Gasteiger partial charge in [-0.1, -0.05) is 57.2 Å². The number of Topliss-reactive ketones (excluding diaryl/α,β-unsaturated/α-hetero) is 1. The normalized spacial score (nSPS) is 15.9. The molecular formula is C23H31N3O2. The molecule has 1 atom stereocenters. The number of carbonyl (C=O) groups is 2. The van der Waals surface area contributed by atoms with Crippen LogP contribution in [-0.4, -0.2) is 21.5 Å². The Bertz CT molecular complexity index is 791. The number of benzene rings is 1. The van der Waals surface area contributed by atoms with Crippen LogP contribution in [0.2, 0.25) is 0 Å². The SMILES string of the molecule is CCC(CC(C)=O)C(=O)Nc1cc(CC2CCCCC2)n(-c2ccccc2)n1. The summed E-state index contributed by atoms with van der Waals surface area (Å²) in [5.74, 6) is 0.856. The summed E-state index contributed by atoms with van der Waals surface area (Å²) < 4.78 is 1.95. The van der Waals surface area contributed by atoms with Crippen LogP contribution in [0.3, 0.4) is 0 Å². The highest BCUT2D eigenvalue weighted by molar-refractivity contribution is 5.94. The van der Waals surface area contributed by atoms with Crippen LogP contribution < -0.4 is 5.32 Å². The topological polar surface area (TPSA) is 64.0 Å². The first-order valence-corrected chi connectivity index (χ1v) is 10.5. The molecule has 0 bridgehead atoms. The second kappa shape index (κ2) is 9.67. The molecule has 1 aliphatic carbocycles. The lowest BCUT2D eigenvalue weighted by Crippen LogP contribution is -2.24. The Balaban J connectivity index is 1.81. The zero-order valence-electron chi connectivity index (χ0n) is 17.0. The van der Waals surface area contributed by atoms with Gasteiger partial charge in [0.2, 0.25) is 5.91 Å². The van der Waals surface area contributed by atoms with Gasteiger partial charge >= 0.3 is 0 Å². The average molecular weight is 382 g/mol. The minimum Gasteiger partial charge on any atom is -0.309 e. The van der Waals surface area contributed by atoms with E-state index in [1.807, 2.05) is 48.0 Å². The van der Waals surface area contributed by atoms with E-state index in [0.717, 1.165) is 17.8 Å². The first-order chi connectivity index (χ1) is 13.6. The van der Waals surface area contributed by atoms with Gasteiger partial charge in [-0.2, -0.15) is 0 Å². The van der Waals surface area contributed by atoms with Crippen molar-refractivity contribution < 1.29 is 9.59 Å². The van der Waals surface area contributed by atoms with Crippen LogP contribution in [0.25, 0.3) is 5.69 Å². The first kappa shape index (κ1) is 20.3. The molecule has 1 N–H and O–H groups in total. The fraction of sp³-hybridized carbons (Fsp3) is 0.522. The number of ketones is 1. The number of rotatable bonds is 8. The van der Waals surface area contributed by atoms with Crippen molar-refractivity contribution in [1.82, 2.24) is 9.78 Å². The van der Waals surface area contributed by atoms with Gasteiger partial charge in [-0.05, 0) is 37.8 Å².